The number of ether oxygens (including phenoxy) is 1. The summed E-state index contributed by atoms with van der Waals surface area (Å²) in [5.74, 6) is 1.42. The maximum absolute atomic E-state index is 5.95. The maximum Gasteiger partial charge on any atom is 0.166 e. The summed E-state index contributed by atoms with van der Waals surface area (Å²) < 4.78 is 5.69. The van der Waals surface area contributed by atoms with Crippen LogP contribution >= 0.6 is 11.6 Å². The summed E-state index contributed by atoms with van der Waals surface area (Å²) in [4.78, 5) is 8.20. The first-order valence-corrected chi connectivity index (χ1v) is 6.04. The lowest BCUT2D eigenvalue weighted by Crippen LogP contribution is -2.06. The van der Waals surface area contributed by atoms with Crippen LogP contribution in [-0.2, 0) is 13.0 Å². The van der Waals surface area contributed by atoms with Gasteiger partial charge in [-0.15, -0.1) is 0 Å². The van der Waals surface area contributed by atoms with Crippen LogP contribution < -0.4 is 10.5 Å². The molecular formula is C13H14ClN3O. The summed E-state index contributed by atoms with van der Waals surface area (Å²) in [6.45, 7) is 0.887. The lowest BCUT2D eigenvalue weighted by Gasteiger charge is -2.10. The highest BCUT2D eigenvalue weighted by Crippen LogP contribution is 2.23. The number of halogens is 1. The average molecular weight is 264 g/mol. The third-order valence-electron chi connectivity index (χ3n) is 2.41. The standard InChI is InChI=1S/C13H14ClN3O/c14-11-2-3-12(10(8-11)4-5-15)18-9-13-16-6-1-7-17-13/h1-3,6-8H,4-5,9,15H2. The highest BCUT2D eigenvalue weighted by Gasteiger charge is 2.05. The lowest BCUT2D eigenvalue weighted by atomic mass is 10.1. The van der Waals surface area contributed by atoms with Crippen molar-refractivity contribution in [3.8, 4) is 5.75 Å². The second-order valence-electron chi connectivity index (χ2n) is 3.74. The summed E-state index contributed by atoms with van der Waals surface area (Å²) in [6, 6.07) is 7.28. The normalized spacial score (nSPS) is 10.3. The maximum atomic E-state index is 5.95. The monoisotopic (exact) mass is 263 g/mol. The predicted molar refractivity (Wildman–Crippen MR) is 70.6 cm³/mol. The molecule has 0 fully saturated rings. The van der Waals surface area contributed by atoms with Crippen molar-refractivity contribution in [3.63, 3.8) is 0 Å². The number of nitrogens with zero attached hydrogens (tertiary/aromatic N) is 2. The van der Waals surface area contributed by atoms with Gasteiger partial charge in [0, 0.05) is 17.4 Å². The summed E-state index contributed by atoms with van der Waals surface area (Å²) in [7, 11) is 0. The molecule has 0 saturated carbocycles. The van der Waals surface area contributed by atoms with Crippen molar-refractivity contribution in [3.05, 3.63) is 53.1 Å². The molecule has 0 unspecified atom stereocenters. The zero-order valence-electron chi connectivity index (χ0n) is 9.84. The summed E-state index contributed by atoms with van der Waals surface area (Å²) >= 11 is 5.95. The van der Waals surface area contributed by atoms with E-state index in [4.69, 9.17) is 22.1 Å². The van der Waals surface area contributed by atoms with E-state index in [1.165, 1.54) is 0 Å². The van der Waals surface area contributed by atoms with Gasteiger partial charge >= 0.3 is 0 Å². The Morgan fingerprint density at radius 3 is 2.72 bits per heavy atom. The Morgan fingerprint density at radius 2 is 2.00 bits per heavy atom. The van der Waals surface area contributed by atoms with Crippen molar-refractivity contribution in [2.45, 2.75) is 13.0 Å². The van der Waals surface area contributed by atoms with Crippen LogP contribution in [0.25, 0.3) is 0 Å². The van der Waals surface area contributed by atoms with Crippen LogP contribution in [0.5, 0.6) is 5.75 Å². The Hall–Kier alpha value is -1.65. The number of benzene rings is 1. The van der Waals surface area contributed by atoms with Crippen molar-refractivity contribution in [1.82, 2.24) is 9.97 Å². The van der Waals surface area contributed by atoms with Crippen LogP contribution in [-0.4, -0.2) is 16.5 Å². The van der Waals surface area contributed by atoms with Crippen LogP contribution in [0, 0.1) is 0 Å². The van der Waals surface area contributed by atoms with Gasteiger partial charge in [-0.25, -0.2) is 9.97 Å². The molecular weight excluding hydrogens is 250 g/mol. The number of hydrogen-bond donors (Lipinski definition) is 1. The molecule has 94 valence electrons. The molecule has 1 aromatic carbocycles. The van der Waals surface area contributed by atoms with Crippen LogP contribution in [0.1, 0.15) is 11.4 Å². The molecule has 2 rings (SSSR count). The fourth-order valence-electron chi connectivity index (χ4n) is 1.59. The summed E-state index contributed by atoms with van der Waals surface area (Å²) in [5, 5.41) is 0.682. The highest BCUT2D eigenvalue weighted by atomic mass is 35.5. The van der Waals surface area contributed by atoms with E-state index in [2.05, 4.69) is 9.97 Å². The largest absolute Gasteiger partial charge is 0.485 e. The van der Waals surface area contributed by atoms with E-state index < -0.39 is 0 Å². The van der Waals surface area contributed by atoms with Crippen LogP contribution in [0.4, 0.5) is 0 Å². The molecule has 2 aromatic rings. The van der Waals surface area contributed by atoms with E-state index in [1.54, 1.807) is 24.5 Å². The van der Waals surface area contributed by atoms with E-state index in [0.717, 1.165) is 17.7 Å². The van der Waals surface area contributed by atoms with Crippen molar-refractivity contribution >= 4 is 11.6 Å². The van der Waals surface area contributed by atoms with Crippen LogP contribution in [0.3, 0.4) is 0 Å². The average Bonchev–Trinajstić information content (AvgIpc) is 2.39. The number of nitrogens with two attached hydrogens (primary N) is 1. The third-order valence-corrected chi connectivity index (χ3v) is 2.65. The Balaban J connectivity index is 2.09. The third kappa shape index (κ3) is 3.42. The zero-order valence-corrected chi connectivity index (χ0v) is 10.6. The fourth-order valence-corrected chi connectivity index (χ4v) is 1.78. The smallest absolute Gasteiger partial charge is 0.166 e. The molecule has 4 nitrogen and oxygen atoms in total. The first kappa shape index (κ1) is 12.8. The van der Waals surface area contributed by atoms with Gasteiger partial charge in [0.15, 0.2) is 5.82 Å². The van der Waals surface area contributed by atoms with Crippen LogP contribution in [0.15, 0.2) is 36.7 Å². The summed E-state index contributed by atoms with van der Waals surface area (Å²) in [5.41, 5.74) is 6.56. The predicted octanol–water partition coefficient (Wildman–Crippen LogP) is 2.21. The quantitative estimate of drug-likeness (QED) is 0.898. The molecule has 1 aromatic heterocycles. The van der Waals surface area contributed by atoms with Gasteiger partial charge in [-0.2, -0.15) is 0 Å². The lowest BCUT2D eigenvalue weighted by molar-refractivity contribution is 0.293. The molecule has 0 atom stereocenters. The van der Waals surface area contributed by atoms with Gasteiger partial charge in [-0.3, -0.25) is 0 Å². The Bertz CT molecular complexity index is 505. The van der Waals surface area contributed by atoms with Gasteiger partial charge in [0.25, 0.3) is 0 Å². The molecule has 0 radical (unpaired) electrons. The van der Waals surface area contributed by atoms with E-state index in [0.29, 0.717) is 24.0 Å². The van der Waals surface area contributed by atoms with Gasteiger partial charge < -0.3 is 10.5 Å². The fraction of sp³-hybridized carbons (Fsp3) is 0.231. The second kappa shape index (κ2) is 6.33. The van der Waals surface area contributed by atoms with Gasteiger partial charge in [0.2, 0.25) is 0 Å². The molecule has 0 spiro atoms. The first-order valence-electron chi connectivity index (χ1n) is 5.67. The molecule has 0 amide bonds. The minimum Gasteiger partial charge on any atom is -0.485 e. The summed E-state index contributed by atoms with van der Waals surface area (Å²) in [6.07, 6.45) is 4.11. The molecule has 18 heavy (non-hydrogen) atoms. The Labute approximate surface area is 111 Å². The molecule has 0 saturated heterocycles. The first-order chi connectivity index (χ1) is 8.79. The van der Waals surface area contributed by atoms with Gasteiger partial charge in [-0.05, 0) is 42.8 Å². The van der Waals surface area contributed by atoms with Crippen LogP contribution in [0.2, 0.25) is 5.02 Å². The second-order valence-corrected chi connectivity index (χ2v) is 4.18. The molecule has 1 heterocycles. The minimum atomic E-state index is 0.333. The molecule has 0 aliphatic carbocycles. The van der Waals surface area contributed by atoms with Gasteiger partial charge in [0.1, 0.15) is 12.4 Å². The molecule has 0 aliphatic heterocycles. The van der Waals surface area contributed by atoms with E-state index in [9.17, 15) is 0 Å². The molecule has 0 aliphatic rings. The van der Waals surface area contributed by atoms with E-state index in [-0.39, 0.29) is 0 Å². The number of hydrogen-bond acceptors (Lipinski definition) is 4. The van der Waals surface area contributed by atoms with Crippen molar-refractivity contribution in [1.29, 1.82) is 0 Å². The van der Waals surface area contributed by atoms with E-state index in [1.807, 2.05) is 12.1 Å². The topological polar surface area (TPSA) is 61.0 Å². The molecule has 5 heteroatoms. The Morgan fingerprint density at radius 1 is 1.22 bits per heavy atom. The SMILES string of the molecule is NCCc1cc(Cl)ccc1OCc1ncccn1. The van der Waals surface area contributed by atoms with Crippen molar-refractivity contribution in [2.24, 2.45) is 5.73 Å². The van der Waals surface area contributed by atoms with E-state index >= 15 is 0 Å². The van der Waals surface area contributed by atoms with Crippen molar-refractivity contribution < 1.29 is 4.74 Å². The number of rotatable bonds is 5. The van der Waals surface area contributed by atoms with Gasteiger partial charge in [-0.1, -0.05) is 11.6 Å². The highest BCUT2D eigenvalue weighted by molar-refractivity contribution is 6.30. The number of aromatic nitrogens is 2. The zero-order chi connectivity index (χ0) is 12.8. The van der Waals surface area contributed by atoms with Gasteiger partial charge in [0.05, 0.1) is 0 Å². The minimum absolute atomic E-state index is 0.333. The molecule has 0 bridgehead atoms. The molecule has 2 N–H and O–H groups in total. The van der Waals surface area contributed by atoms with Crippen molar-refractivity contribution in [2.75, 3.05) is 6.54 Å². The Kier molecular flexibility index (Phi) is 4.50.